The summed E-state index contributed by atoms with van der Waals surface area (Å²) in [7, 11) is 0. The maximum atomic E-state index is 13.3. The Kier molecular flexibility index (Phi) is 6.36. The van der Waals surface area contributed by atoms with Crippen LogP contribution in [0.15, 0.2) is 73.3 Å². The molecule has 4 rings (SSSR count). The second kappa shape index (κ2) is 9.52. The molecule has 4 aromatic rings. The fourth-order valence-corrected chi connectivity index (χ4v) is 3.76. The fraction of sp³-hybridized carbons (Fsp3) is 0.185. The molecule has 32 heavy (non-hydrogen) atoms. The molecule has 160 valence electrons. The van der Waals surface area contributed by atoms with Crippen LogP contribution in [0.1, 0.15) is 39.5 Å². The monoisotopic (exact) mass is 422 g/mol. The zero-order valence-electron chi connectivity index (χ0n) is 18.6. The van der Waals surface area contributed by atoms with Crippen molar-refractivity contribution < 1.29 is 4.79 Å². The number of rotatable bonds is 6. The van der Waals surface area contributed by atoms with Crippen molar-refractivity contribution in [3.05, 3.63) is 101 Å². The molecule has 1 amide bonds. The molecule has 0 unspecified atom stereocenters. The number of amides is 1. The van der Waals surface area contributed by atoms with Gasteiger partial charge in [-0.05, 0) is 66.8 Å². The molecule has 0 fully saturated rings. The van der Waals surface area contributed by atoms with Crippen molar-refractivity contribution in [3.8, 4) is 22.5 Å². The molecule has 0 saturated heterocycles. The number of carbonyl (C=O) groups excluding carboxylic acids is 1. The van der Waals surface area contributed by atoms with Crippen molar-refractivity contribution in [2.75, 3.05) is 0 Å². The molecular formula is C27H26N4O. The van der Waals surface area contributed by atoms with E-state index in [0.29, 0.717) is 23.5 Å². The summed E-state index contributed by atoms with van der Waals surface area (Å²) in [6, 6.07) is 15.8. The Morgan fingerprint density at radius 1 is 0.938 bits per heavy atom. The summed E-state index contributed by atoms with van der Waals surface area (Å²) in [6.45, 7) is 6.69. The van der Waals surface area contributed by atoms with Gasteiger partial charge in [0.05, 0.1) is 11.3 Å². The van der Waals surface area contributed by atoms with Gasteiger partial charge in [-0.3, -0.25) is 19.7 Å². The number of pyridine rings is 3. The van der Waals surface area contributed by atoms with Crippen LogP contribution in [0.2, 0.25) is 0 Å². The van der Waals surface area contributed by atoms with Crippen molar-refractivity contribution in [2.24, 2.45) is 0 Å². The van der Waals surface area contributed by atoms with Crippen LogP contribution in [0, 0.1) is 13.8 Å². The highest BCUT2D eigenvalue weighted by molar-refractivity contribution is 6.00. The van der Waals surface area contributed by atoms with Gasteiger partial charge >= 0.3 is 0 Å². The Morgan fingerprint density at radius 3 is 2.50 bits per heavy atom. The molecule has 0 aliphatic heterocycles. The molecule has 1 aromatic carbocycles. The van der Waals surface area contributed by atoms with Crippen molar-refractivity contribution in [1.29, 1.82) is 0 Å². The van der Waals surface area contributed by atoms with Gasteiger partial charge in [-0.1, -0.05) is 31.2 Å². The van der Waals surface area contributed by atoms with E-state index in [4.69, 9.17) is 0 Å². The molecule has 0 bridgehead atoms. The maximum Gasteiger partial charge on any atom is 0.253 e. The van der Waals surface area contributed by atoms with Gasteiger partial charge in [-0.2, -0.15) is 0 Å². The average molecular weight is 423 g/mol. The minimum atomic E-state index is -0.183. The lowest BCUT2D eigenvalue weighted by Crippen LogP contribution is -2.24. The smallest absolute Gasteiger partial charge is 0.253 e. The second-order valence-electron chi connectivity index (χ2n) is 7.88. The predicted molar refractivity (Wildman–Crippen MR) is 127 cm³/mol. The van der Waals surface area contributed by atoms with Gasteiger partial charge in [0.1, 0.15) is 5.69 Å². The van der Waals surface area contributed by atoms with Gasteiger partial charge in [0.15, 0.2) is 0 Å². The van der Waals surface area contributed by atoms with Crippen LogP contribution in [0.3, 0.4) is 0 Å². The largest absolute Gasteiger partial charge is 0.348 e. The van der Waals surface area contributed by atoms with Gasteiger partial charge in [-0.25, -0.2) is 0 Å². The SMILES string of the molecule is CCc1ccc(CNC(=O)c2cc(-c3cncc(C)c3)cnc2-c2ccccn2)cc1C. The molecule has 3 aromatic heterocycles. The molecule has 0 aliphatic carbocycles. The van der Waals surface area contributed by atoms with Gasteiger partial charge in [0.2, 0.25) is 0 Å². The van der Waals surface area contributed by atoms with Crippen molar-refractivity contribution in [3.63, 3.8) is 0 Å². The molecule has 0 radical (unpaired) electrons. The van der Waals surface area contributed by atoms with Crippen LogP contribution in [0.5, 0.6) is 0 Å². The summed E-state index contributed by atoms with van der Waals surface area (Å²) in [5.74, 6) is -0.183. The minimum absolute atomic E-state index is 0.183. The van der Waals surface area contributed by atoms with Crippen molar-refractivity contribution >= 4 is 5.91 Å². The molecule has 1 N–H and O–H groups in total. The minimum Gasteiger partial charge on any atom is -0.348 e. The summed E-state index contributed by atoms with van der Waals surface area (Å²) < 4.78 is 0. The first-order valence-corrected chi connectivity index (χ1v) is 10.7. The second-order valence-corrected chi connectivity index (χ2v) is 7.88. The topological polar surface area (TPSA) is 67.8 Å². The third kappa shape index (κ3) is 4.72. The molecule has 5 heteroatoms. The number of hydrogen-bond acceptors (Lipinski definition) is 4. The molecule has 0 atom stereocenters. The van der Waals surface area contributed by atoms with E-state index in [1.54, 1.807) is 24.8 Å². The van der Waals surface area contributed by atoms with E-state index in [1.807, 2.05) is 37.3 Å². The Hall–Kier alpha value is -3.86. The number of carbonyl (C=O) groups is 1. The van der Waals surface area contributed by atoms with E-state index >= 15 is 0 Å². The van der Waals surface area contributed by atoms with Gasteiger partial charge in [0, 0.05) is 42.5 Å². The summed E-state index contributed by atoms with van der Waals surface area (Å²) in [5.41, 5.74) is 8.15. The highest BCUT2D eigenvalue weighted by atomic mass is 16.1. The number of aromatic nitrogens is 3. The number of aryl methyl sites for hydroxylation is 3. The first kappa shape index (κ1) is 21.4. The molecule has 5 nitrogen and oxygen atoms in total. The third-order valence-corrected chi connectivity index (χ3v) is 5.49. The van der Waals surface area contributed by atoms with Crippen LogP contribution in [0.4, 0.5) is 0 Å². The number of benzene rings is 1. The van der Waals surface area contributed by atoms with Crippen molar-refractivity contribution in [1.82, 2.24) is 20.3 Å². The lowest BCUT2D eigenvalue weighted by atomic mass is 10.0. The van der Waals surface area contributed by atoms with Gasteiger partial charge < -0.3 is 5.32 Å². The Balaban J connectivity index is 1.67. The molecule has 0 spiro atoms. The summed E-state index contributed by atoms with van der Waals surface area (Å²) in [5, 5.41) is 3.06. The lowest BCUT2D eigenvalue weighted by Gasteiger charge is -2.12. The van der Waals surface area contributed by atoms with Crippen LogP contribution in [0.25, 0.3) is 22.5 Å². The van der Waals surface area contributed by atoms with Gasteiger partial charge in [0.25, 0.3) is 5.91 Å². The van der Waals surface area contributed by atoms with Crippen LogP contribution < -0.4 is 5.32 Å². The molecule has 3 heterocycles. The maximum absolute atomic E-state index is 13.3. The van der Waals surface area contributed by atoms with Crippen LogP contribution in [-0.4, -0.2) is 20.9 Å². The van der Waals surface area contributed by atoms with E-state index in [1.165, 1.54) is 11.1 Å². The van der Waals surface area contributed by atoms with Gasteiger partial charge in [-0.15, -0.1) is 0 Å². The summed E-state index contributed by atoms with van der Waals surface area (Å²) in [4.78, 5) is 26.6. The van der Waals surface area contributed by atoms with E-state index in [0.717, 1.165) is 28.7 Å². The standard InChI is InChI=1S/C27H26N4O/c1-4-21-9-8-20(12-19(21)3)15-31-27(32)24-13-23(22-11-18(2)14-28-16-22)17-30-26(24)25-7-5-6-10-29-25/h5-14,16-17H,4,15H2,1-3H3,(H,31,32). The van der Waals surface area contributed by atoms with E-state index in [2.05, 4.69) is 52.3 Å². The summed E-state index contributed by atoms with van der Waals surface area (Å²) >= 11 is 0. The number of hydrogen-bond donors (Lipinski definition) is 1. The number of nitrogens with zero attached hydrogens (tertiary/aromatic N) is 3. The Labute approximate surface area is 188 Å². The highest BCUT2D eigenvalue weighted by Crippen LogP contribution is 2.26. The third-order valence-electron chi connectivity index (χ3n) is 5.49. The fourth-order valence-electron chi connectivity index (χ4n) is 3.76. The first-order chi connectivity index (χ1) is 15.5. The van der Waals surface area contributed by atoms with E-state index in [9.17, 15) is 4.79 Å². The average Bonchev–Trinajstić information content (AvgIpc) is 2.83. The first-order valence-electron chi connectivity index (χ1n) is 10.7. The summed E-state index contributed by atoms with van der Waals surface area (Å²) in [6.07, 6.45) is 8.06. The predicted octanol–water partition coefficient (Wildman–Crippen LogP) is 5.31. The molecule has 0 aliphatic rings. The number of nitrogens with one attached hydrogen (secondary N) is 1. The van der Waals surface area contributed by atoms with Crippen LogP contribution in [-0.2, 0) is 13.0 Å². The van der Waals surface area contributed by atoms with E-state index < -0.39 is 0 Å². The Morgan fingerprint density at radius 2 is 1.78 bits per heavy atom. The quantitative estimate of drug-likeness (QED) is 0.457. The molecular weight excluding hydrogens is 396 g/mol. The molecule has 0 saturated carbocycles. The zero-order chi connectivity index (χ0) is 22.5. The lowest BCUT2D eigenvalue weighted by molar-refractivity contribution is 0.0951. The highest BCUT2D eigenvalue weighted by Gasteiger charge is 2.17. The normalized spacial score (nSPS) is 10.7. The van der Waals surface area contributed by atoms with Crippen LogP contribution >= 0.6 is 0 Å². The zero-order valence-corrected chi connectivity index (χ0v) is 18.6. The Bertz CT molecular complexity index is 1250. The van der Waals surface area contributed by atoms with E-state index in [-0.39, 0.29) is 5.91 Å². The van der Waals surface area contributed by atoms with Crippen molar-refractivity contribution in [2.45, 2.75) is 33.7 Å².